The zero-order chi connectivity index (χ0) is 18.4. The molecule has 1 aromatic heterocycles. The Morgan fingerprint density at radius 3 is 2.76 bits per heavy atom. The van der Waals surface area contributed by atoms with E-state index in [2.05, 4.69) is 6.92 Å². The van der Waals surface area contributed by atoms with E-state index in [4.69, 9.17) is 17.0 Å². The zero-order valence-corrected chi connectivity index (χ0v) is 15.9. The Labute approximate surface area is 153 Å². The second kappa shape index (κ2) is 8.86. The Morgan fingerprint density at radius 1 is 1.32 bits per heavy atom. The lowest BCUT2D eigenvalue weighted by atomic mass is 10.1. The summed E-state index contributed by atoms with van der Waals surface area (Å²) in [5.74, 6) is -0.120. The molecule has 1 atom stereocenters. The maximum Gasteiger partial charge on any atom is 0.203 e. The summed E-state index contributed by atoms with van der Waals surface area (Å²) >= 11 is 6.39. The number of nitrogens with zero attached hydrogens (tertiary/aromatic N) is 2. The Morgan fingerprint density at radius 2 is 2.08 bits per heavy atom. The molecule has 4 nitrogen and oxygen atoms in total. The van der Waals surface area contributed by atoms with Crippen molar-refractivity contribution in [1.29, 1.82) is 5.41 Å². The molecule has 0 radical (unpaired) electrons. The Hall–Kier alpha value is -2.07. The Kier molecular flexibility index (Phi) is 6.82. The maximum absolute atomic E-state index is 12.6. The number of imidazole rings is 1. The molecule has 5 heteroatoms. The highest BCUT2D eigenvalue weighted by molar-refractivity contribution is 6.35. The summed E-state index contributed by atoms with van der Waals surface area (Å²) in [5, 5.41) is 9.16. The number of rotatable bonds is 8. The summed E-state index contributed by atoms with van der Waals surface area (Å²) in [6, 6.07) is 5.63. The SMILES string of the molecule is C/C=C\C=C/C(C)C(=O)Cn1c(=N)n(CCCC)c2c(Cl)cccc21. The van der Waals surface area contributed by atoms with E-state index in [9.17, 15) is 4.79 Å². The van der Waals surface area contributed by atoms with Gasteiger partial charge in [-0.05, 0) is 25.5 Å². The second-order valence-corrected chi connectivity index (χ2v) is 6.60. The lowest BCUT2D eigenvalue weighted by molar-refractivity contribution is -0.121. The van der Waals surface area contributed by atoms with Gasteiger partial charge in [0, 0.05) is 12.5 Å². The fourth-order valence-corrected chi connectivity index (χ4v) is 3.07. The predicted octanol–water partition coefficient (Wildman–Crippen LogP) is 4.71. The third-order valence-corrected chi connectivity index (χ3v) is 4.60. The van der Waals surface area contributed by atoms with E-state index >= 15 is 0 Å². The van der Waals surface area contributed by atoms with E-state index in [1.807, 2.05) is 60.9 Å². The van der Waals surface area contributed by atoms with E-state index in [1.54, 1.807) is 4.57 Å². The molecule has 25 heavy (non-hydrogen) atoms. The summed E-state index contributed by atoms with van der Waals surface area (Å²) in [7, 11) is 0. The van der Waals surface area contributed by atoms with Gasteiger partial charge in [0.1, 0.15) is 0 Å². The monoisotopic (exact) mass is 359 g/mol. The third-order valence-electron chi connectivity index (χ3n) is 4.30. The lowest BCUT2D eigenvalue weighted by Gasteiger charge is -2.07. The third kappa shape index (κ3) is 4.31. The van der Waals surface area contributed by atoms with Crippen molar-refractivity contribution in [3.8, 4) is 0 Å². The maximum atomic E-state index is 12.6. The van der Waals surface area contributed by atoms with Crippen LogP contribution >= 0.6 is 11.6 Å². The van der Waals surface area contributed by atoms with E-state index in [1.165, 1.54) is 0 Å². The molecule has 0 fully saturated rings. The molecule has 1 unspecified atom stereocenters. The van der Waals surface area contributed by atoms with Crippen molar-refractivity contribution in [2.24, 2.45) is 5.92 Å². The van der Waals surface area contributed by atoms with Crippen LogP contribution in [0.15, 0.2) is 42.5 Å². The molecule has 2 rings (SSSR count). The van der Waals surface area contributed by atoms with E-state index in [-0.39, 0.29) is 18.2 Å². The highest BCUT2D eigenvalue weighted by atomic mass is 35.5. The highest BCUT2D eigenvalue weighted by Crippen LogP contribution is 2.23. The first-order valence-electron chi connectivity index (χ1n) is 8.75. The number of fused-ring (bicyclic) bond motifs is 1. The molecule has 1 N–H and O–H groups in total. The van der Waals surface area contributed by atoms with Gasteiger partial charge >= 0.3 is 0 Å². The second-order valence-electron chi connectivity index (χ2n) is 6.19. The molecule has 0 saturated carbocycles. The first-order chi connectivity index (χ1) is 12.0. The lowest BCUT2D eigenvalue weighted by Crippen LogP contribution is -2.29. The van der Waals surface area contributed by atoms with Crippen LogP contribution in [-0.2, 0) is 17.9 Å². The van der Waals surface area contributed by atoms with E-state index < -0.39 is 0 Å². The van der Waals surface area contributed by atoms with Crippen LogP contribution in [0.5, 0.6) is 0 Å². The van der Waals surface area contributed by atoms with Crippen LogP contribution < -0.4 is 5.62 Å². The number of ketones is 1. The smallest absolute Gasteiger partial charge is 0.203 e. The number of unbranched alkanes of at least 4 members (excludes halogenated alkanes) is 1. The van der Waals surface area contributed by atoms with E-state index in [0.29, 0.717) is 10.6 Å². The van der Waals surface area contributed by atoms with Crippen molar-refractivity contribution in [3.05, 3.63) is 53.1 Å². The first-order valence-corrected chi connectivity index (χ1v) is 9.13. The number of aromatic nitrogens is 2. The number of hydrogen-bond donors (Lipinski definition) is 1. The molecule has 0 aliphatic heterocycles. The van der Waals surface area contributed by atoms with Crippen LogP contribution in [0.3, 0.4) is 0 Å². The van der Waals surface area contributed by atoms with Crippen molar-refractivity contribution in [2.45, 2.75) is 46.7 Å². The van der Waals surface area contributed by atoms with Gasteiger partial charge in [-0.25, -0.2) is 0 Å². The van der Waals surface area contributed by atoms with Gasteiger partial charge in [-0.15, -0.1) is 0 Å². The summed E-state index contributed by atoms with van der Waals surface area (Å²) in [6.07, 6.45) is 9.61. The molecular formula is C20H26ClN3O. The summed E-state index contributed by atoms with van der Waals surface area (Å²) in [6.45, 7) is 6.85. The van der Waals surface area contributed by atoms with Crippen LogP contribution in [0.4, 0.5) is 0 Å². The van der Waals surface area contributed by atoms with Gasteiger partial charge < -0.3 is 9.13 Å². The molecule has 1 aromatic carbocycles. The molecule has 0 aliphatic carbocycles. The van der Waals surface area contributed by atoms with Crippen molar-refractivity contribution in [3.63, 3.8) is 0 Å². The van der Waals surface area contributed by atoms with Crippen LogP contribution in [0.25, 0.3) is 11.0 Å². The minimum absolute atomic E-state index is 0.0776. The zero-order valence-electron chi connectivity index (χ0n) is 15.1. The average Bonchev–Trinajstić information content (AvgIpc) is 2.86. The first kappa shape index (κ1) is 19.3. The summed E-state index contributed by atoms with van der Waals surface area (Å²) in [5.41, 5.74) is 2.01. The molecule has 0 aliphatic rings. The number of Topliss-reactive ketones (excluding diaryl/α,β-unsaturated/α-hetero) is 1. The molecule has 0 saturated heterocycles. The Bertz CT molecular complexity index is 858. The van der Waals surface area contributed by atoms with Gasteiger partial charge in [0.2, 0.25) is 5.62 Å². The molecule has 134 valence electrons. The number of carbonyl (C=O) groups is 1. The standard InChI is InChI=1S/C20H26ClN3O/c1-4-6-8-10-15(3)18(25)14-24-17-12-9-11-16(21)19(17)23(20(24)22)13-7-5-2/h4,6,8-12,15,22H,5,7,13-14H2,1-3H3/b6-4-,10-8-,22-20?. The normalized spacial score (nSPS) is 13.3. The largest absolute Gasteiger partial charge is 0.309 e. The number of benzene rings is 1. The molecule has 0 bridgehead atoms. The molecule has 0 spiro atoms. The summed E-state index contributed by atoms with van der Waals surface area (Å²) < 4.78 is 3.67. The van der Waals surface area contributed by atoms with E-state index in [0.717, 1.165) is 30.4 Å². The minimum Gasteiger partial charge on any atom is -0.309 e. The quantitative estimate of drug-likeness (QED) is 0.681. The van der Waals surface area contributed by atoms with Crippen LogP contribution in [0.2, 0.25) is 5.02 Å². The van der Waals surface area contributed by atoms with Crippen molar-refractivity contribution >= 4 is 28.4 Å². The number of hydrogen-bond acceptors (Lipinski definition) is 2. The fraction of sp³-hybridized carbons (Fsp3) is 0.400. The molecular weight excluding hydrogens is 334 g/mol. The van der Waals surface area contributed by atoms with Crippen LogP contribution in [-0.4, -0.2) is 14.9 Å². The van der Waals surface area contributed by atoms with Crippen molar-refractivity contribution in [2.75, 3.05) is 0 Å². The van der Waals surface area contributed by atoms with Crippen LogP contribution in [0, 0.1) is 11.3 Å². The van der Waals surface area contributed by atoms with Gasteiger partial charge in [-0.1, -0.05) is 62.2 Å². The topological polar surface area (TPSA) is 50.8 Å². The number of allylic oxidation sites excluding steroid dienone is 4. The Balaban J connectivity index is 2.41. The van der Waals surface area contributed by atoms with Gasteiger partial charge in [-0.3, -0.25) is 10.2 Å². The summed E-state index contributed by atoms with van der Waals surface area (Å²) in [4.78, 5) is 12.6. The van der Waals surface area contributed by atoms with Crippen LogP contribution in [0.1, 0.15) is 33.6 Å². The predicted molar refractivity (Wildman–Crippen MR) is 104 cm³/mol. The van der Waals surface area contributed by atoms with Gasteiger partial charge in [0.15, 0.2) is 5.78 Å². The number of halogens is 1. The van der Waals surface area contributed by atoms with Gasteiger partial charge in [0.05, 0.1) is 22.6 Å². The molecule has 2 aromatic rings. The van der Waals surface area contributed by atoms with Gasteiger partial charge in [-0.2, -0.15) is 0 Å². The number of aryl methyl sites for hydroxylation is 1. The minimum atomic E-state index is -0.198. The number of para-hydroxylation sites is 1. The number of carbonyl (C=O) groups excluding carboxylic acids is 1. The fourth-order valence-electron chi connectivity index (χ4n) is 2.80. The highest BCUT2D eigenvalue weighted by Gasteiger charge is 2.17. The molecule has 0 amide bonds. The molecule has 1 heterocycles. The van der Waals surface area contributed by atoms with Crippen molar-refractivity contribution < 1.29 is 4.79 Å². The average molecular weight is 360 g/mol. The van der Waals surface area contributed by atoms with Crippen molar-refractivity contribution in [1.82, 2.24) is 9.13 Å². The number of nitrogens with one attached hydrogen (secondary N) is 1. The van der Waals surface area contributed by atoms with Gasteiger partial charge in [0.25, 0.3) is 0 Å².